The Kier molecular flexibility index (Phi) is 6.14. The molecule has 3 heterocycles. The topological polar surface area (TPSA) is 85.2 Å². The Hall–Kier alpha value is -3.94. The maximum Gasteiger partial charge on any atom is 0.410 e. The van der Waals surface area contributed by atoms with Crippen LogP contribution in [0.4, 0.5) is 10.7 Å². The standard InChI is InChI=1S/C25H26N6O2.H2/c32-25(33-17-20-6-2-1-3-7-20)30-14-11-19(12-15-30)16-27-24-26-13-10-23(29-24)31-18-28-21-8-4-5-9-22(21)31;/h1-10,13,18-19H,11-12,14-17H2,(H,26,27,29);1H. The Morgan fingerprint density at radius 2 is 1.82 bits per heavy atom. The highest BCUT2D eigenvalue weighted by Crippen LogP contribution is 2.20. The van der Waals surface area contributed by atoms with E-state index in [2.05, 4.69) is 20.3 Å². The molecule has 170 valence electrons. The fraction of sp³-hybridized carbons (Fsp3) is 0.280. The molecule has 0 unspecified atom stereocenters. The predicted molar refractivity (Wildman–Crippen MR) is 128 cm³/mol. The first kappa shape index (κ1) is 20.9. The number of benzene rings is 2. The number of amides is 1. The van der Waals surface area contributed by atoms with Crippen molar-refractivity contribution >= 4 is 23.1 Å². The molecule has 0 radical (unpaired) electrons. The van der Waals surface area contributed by atoms with Crippen LogP contribution in [0, 0.1) is 5.92 Å². The molecule has 1 fully saturated rings. The number of para-hydroxylation sites is 2. The Morgan fingerprint density at radius 1 is 1.03 bits per heavy atom. The molecule has 0 bridgehead atoms. The van der Waals surface area contributed by atoms with Gasteiger partial charge in [-0.05, 0) is 42.5 Å². The van der Waals surface area contributed by atoms with E-state index in [9.17, 15) is 4.79 Å². The second-order valence-electron chi connectivity index (χ2n) is 8.19. The SMILES string of the molecule is O=C(OCc1ccccc1)N1CCC(CNc2nccc(-n3cnc4ccccc43)n2)CC1.[HH]. The first-order valence-electron chi connectivity index (χ1n) is 11.2. The van der Waals surface area contributed by atoms with Crippen LogP contribution in [-0.2, 0) is 11.3 Å². The maximum absolute atomic E-state index is 12.4. The molecular weight excluding hydrogens is 416 g/mol. The van der Waals surface area contributed by atoms with Gasteiger partial charge >= 0.3 is 6.09 Å². The molecule has 1 aliphatic rings. The molecule has 0 saturated carbocycles. The zero-order valence-corrected chi connectivity index (χ0v) is 18.3. The largest absolute Gasteiger partial charge is 0.445 e. The fourth-order valence-electron chi connectivity index (χ4n) is 4.08. The van der Waals surface area contributed by atoms with E-state index in [0.29, 0.717) is 31.6 Å². The number of hydrogen-bond acceptors (Lipinski definition) is 6. The van der Waals surface area contributed by atoms with Gasteiger partial charge in [-0.1, -0.05) is 42.5 Å². The summed E-state index contributed by atoms with van der Waals surface area (Å²) in [6.07, 6.45) is 5.13. The minimum absolute atomic E-state index is 0. The lowest BCUT2D eigenvalue weighted by atomic mass is 9.97. The number of hydrogen-bond donors (Lipinski definition) is 1. The van der Waals surface area contributed by atoms with Crippen molar-refractivity contribution < 1.29 is 11.0 Å². The average Bonchev–Trinajstić information content (AvgIpc) is 3.31. The van der Waals surface area contributed by atoms with E-state index < -0.39 is 0 Å². The summed E-state index contributed by atoms with van der Waals surface area (Å²) >= 11 is 0. The molecule has 1 N–H and O–H groups in total. The van der Waals surface area contributed by atoms with Gasteiger partial charge in [-0.2, -0.15) is 4.98 Å². The summed E-state index contributed by atoms with van der Waals surface area (Å²) in [4.78, 5) is 27.6. The fourth-order valence-corrected chi connectivity index (χ4v) is 4.08. The molecule has 1 saturated heterocycles. The highest BCUT2D eigenvalue weighted by molar-refractivity contribution is 5.76. The number of imidazole rings is 1. The van der Waals surface area contributed by atoms with Gasteiger partial charge in [0.05, 0.1) is 11.0 Å². The Labute approximate surface area is 193 Å². The van der Waals surface area contributed by atoms with Crippen molar-refractivity contribution in [3.63, 3.8) is 0 Å². The van der Waals surface area contributed by atoms with Crippen LogP contribution in [0.3, 0.4) is 0 Å². The Morgan fingerprint density at radius 3 is 2.67 bits per heavy atom. The quantitative estimate of drug-likeness (QED) is 0.471. The van der Waals surface area contributed by atoms with Crippen molar-refractivity contribution in [1.82, 2.24) is 24.4 Å². The lowest BCUT2D eigenvalue weighted by Crippen LogP contribution is -2.40. The molecule has 0 spiro atoms. The van der Waals surface area contributed by atoms with E-state index in [1.165, 1.54) is 0 Å². The Bertz CT molecular complexity index is 1220. The summed E-state index contributed by atoms with van der Waals surface area (Å²) in [5.41, 5.74) is 2.93. The second kappa shape index (κ2) is 9.68. The third-order valence-corrected chi connectivity index (χ3v) is 5.97. The lowest BCUT2D eigenvalue weighted by Gasteiger charge is -2.31. The van der Waals surface area contributed by atoms with Crippen LogP contribution in [0.15, 0.2) is 73.2 Å². The van der Waals surface area contributed by atoms with Crippen LogP contribution in [0.5, 0.6) is 0 Å². The predicted octanol–water partition coefficient (Wildman–Crippen LogP) is 4.52. The van der Waals surface area contributed by atoms with Crippen molar-refractivity contribution in [2.24, 2.45) is 5.92 Å². The molecule has 2 aromatic heterocycles. The van der Waals surface area contributed by atoms with E-state index in [-0.39, 0.29) is 7.52 Å². The van der Waals surface area contributed by atoms with Crippen molar-refractivity contribution in [1.29, 1.82) is 0 Å². The summed E-state index contributed by atoms with van der Waals surface area (Å²) in [6, 6.07) is 19.6. The van der Waals surface area contributed by atoms with Crippen LogP contribution < -0.4 is 5.32 Å². The van der Waals surface area contributed by atoms with Gasteiger partial charge in [0.1, 0.15) is 18.8 Å². The van der Waals surface area contributed by atoms with Gasteiger partial charge < -0.3 is 15.0 Å². The van der Waals surface area contributed by atoms with Crippen molar-refractivity contribution in [3.8, 4) is 5.82 Å². The van der Waals surface area contributed by atoms with Crippen LogP contribution in [0.2, 0.25) is 0 Å². The van der Waals surface area contributed by atoms with E-state index in [1.807, 2.05) is 65.2 Å². The number of fused-ring (bicyclic) bond motifs is 1. The van der Waals surface area contributed by atoms with Gasteiger partial charge in [-0.3, -0.25) is 4.57 Å². The van der Waals surface area contributed by atoms with Gasteiger partial charge in [0.2, 0.25) is 5.95 Å². The van der Waals surface area contributed by atoms with Crippen molar-refractivity contribution in [2.75, 3.05) is 25.0 Å². The smallest absolute Gasteiger partial charge is 0.410 e. The third kappa shape index (κ3) is 4.95. The van der Waals surface area contributed by atoms with Crippen LogP contribution in [0.25, 0.3) is 16.9 Å². The summed E-state index contributed by atoms with van der Waals surface area (Å²) in [6.45, 7) is 2.46. The van der Waals surface area contributed by atoms with Gasteiger partial charge in [0, 0.05) is 27.3 Å². The van der Waals surface area contributed by atoms with E-state index in [0.717, 1.165) is 41.8 Å². The summed E-state index contributed by atoms with van der Waals surface area (Å²) < 4.78 is 7.42. The molecule has 4 aromatic rings. The molecule has 2 aromatic carbocycles. The summed E-state index contributed by atoms with van der Waals surface area (Å²) in [7, 11) is 0. The van der Waals surface area contributed by atoms with Crippen LogP contribution >= 0.6 is 0 Å². The number of carbonyl (C=O) groups is 1. The molecule has 1 aliphatic heterocycles. The number of carbonyl (C=O) groups excluding carboxylic acids is 1. The number of nitrogens with zero attached hydrogens (tertiary/aromatic N) is 5. The van der Waals surface area contributed by atoms with Gasteiger partial charge in [-0.15, -0.1) is 0 Å². The van der Waals surface area contributed by atoms with Crippen molar-refractivity contribution in [2.45, 2.75) is 19.4 Å². The highest BCUT2D eigenvalue weighted by atomic mass is 16.6. The molecule has 8 heteroatoms. The number of nitrogens with one attached hydrogen (secondary N) is 1. The number of rotatable bonds is 6. The minimum Gasteiger partial charge on any atom is -0.445 e. The molecular formula is C25H28N6O2. The van der Waals surface area contributed by atoms with Crippen LogP contribution in [0.1, 0.15) is 19.8 Å². The summed E-state index contributed by atoms with van der Waals surface area (Å²) in [5.74, 6) is 1.82. The maximum atomic E-state index is 12.4. The molecule has 0 aliphatic carbocycles. The minimum atomic E-state index is -0.242. The zero-order valence-electron chi connectivity index (χ0n) is 18.3. The first-order chi connectivity index (χ1) is 16.3. The molecule has 8 nitrogen and oxygen atoms in total. The van der Waals surface area contributed by atoms with Crippen molar-refractivity contribution in [3.05, 3.63) is 78.8 Å². The highest BCUT2D eigenvalue weighted by Gasteiger charge is 2.24. The average molecular weight is 445 g/mol. The number of aromatic nitrogens is 4. The van der Waals surface area contributed by atoms with E-state index in [1.54, 1.807) is 17.4 Å². The number of ether oxygens (including phenoxy) is 1. The second-order valence-corrected chi connectivity index (χ2v) is 8.19. The Balaban J connectivity index is 0.00000274. The zero-order chi connectivity index (χ0) is 22.5. The number of likely N-dealkylation sites (tertiary alicyclic amines) is 1. The third-order valence-electron chi connectivity index (χ3n) is 5.97. The van der Waals surface area contributed by atoms with E-state index >= 15 is 0 Å². The first-order valence-corrected chi connectivity index (χ1v) is 11.2. The van der Waals surface area contributed by atoms with Gasteiger partial charge in [-0.25, -0.2) is 14.8 Å². The number of anilines is 1. The summed E-state index contributed by atoms with van der Waals surface area (Å²) in [5, 5.41) is 3.36. The number of piperidine rings is 1. The van der Waals surface area contributed by atoms with Crippen LogP contribution in [-0.4, -0.2) is 50.1 Å². The molecule has 5 rings (SSSR count). The molecule has 33 heavy (non-hydrogen) atoms. The normalized spacial score (nSPS) is 14.4. The van der Waals surface area contributed by atoms with Gasteiger partial charge in [0.25, 0.3) is 0 Å². The van der Waals surface area contributed by atoms with E-state index in [4.69, 9.17) is 4.74 Å². The molecule has 1 amide bonds. The molecule has 0 atom stereocenters. The van der Waals surface area contributed by atoms with Gasteiger partial charge in [0.15, 0.2) is 0 Å². The monoisotopic (exact) mass is 444 g/mol. The lowest BCUT2D eigenvalue weighted by molar-refractivity contribution is 0.0832.